The number of hydrogen-bond acceptors (Lipinski definition) is 4. The molecule has 7 heteroatoms. The van der Waals surface area contributed by atoms with Crippen molar-refractivity contribution in [2.75, 3.05) is 26.2 Å². The van der Waals surface area contributed by atoms with E-state index in [0.717, 1.165) is 25.7 Å². The van der Waals surface area contributed by atoms with Crippen molar-refractivity contribution in [2.45, 2.75) is 25.7 Å². The van der Waals surface area contributed by atoms with E-state index < -0.39 is 0 Å². The second kappa shape index (κ2) is 6.29. The lowest BCUT2D eigenvalue weighted by atomic mass is 10.1. The molecule has 1 aliphatic carbocycles. The molecule has 0 radical (unpaired) electrons. The first-order chi connectivity index (χ1) is 10.6. The fourth-order valence-electron chi connectivity index (χ4n) is 3.19. The van der Waals surface area contributed by atoms with Crippen molar-refractivity contribution in [1.82, 2.24) is 20.0 Å². The second-order valence-electron chi connectivity index (χ2n) is 5.91. The predicted molar refractivity (Wildman–Crippen MR) is 79.3 cm³/mol. The van der Waals surface area contributed by atoms with E-state index in [1.807, 2.05) is 4.90 Å². The number of aromatic nitrogens is 2. The molecular formula is C15H20N4O3. The molecule has 7 nitrogen and oxygen atoms in total. The molecule has 2 fully saturated rings. The van der Waals surface area contributed by atoms with E-state index in [4.69, 9.17) is 0 Å². The fourth-order valence-corrected chi connectivity index (χ4v) is 3.19. The zero-order valence-corrected chi connectivity index (χ0v) is 12.5. The van der Waals surface area contributed by atoms with Crippen LogP contribution < -0.4 is 5.56 Å². The van der Waals surface area contributed by atoms with Crippen LogP contribution in [-0.4, -0.2) is 58.0 Å². The summed E-state index contributed by atoms with van der Waals surface area (Å²) < 4.78 is 0. The van der Waals surface area contributed by atoms with Crippen LogP contribution >= 0.6 is 0 Å². The number of H-pyrrole nitrogens is 1. The van der Waals surface area contributed by atoms with Crippen molar-refractivity contribution >= 4 is 11.8 Å². The number of rotatable bonds is 2. The van der Waals surface area contributed by atoms with Gasteiger partial charge in [-0.05, 0) is 18.9 Å². The summed E-state index contributed by atoms with van der Waals surface area (Å²) in [4.78, 5) is 39.2. The lowest BCUT2D eigenvalue weighted by molar-refractivity contribution is -0.136. The molecule has 0 atom stereocenters. The summed E-state index contributed by atoms with van der Waals surface area (Å²) in [7, 11) is 0. The van der Waals surface area contributed by atoms with E-state index in [1.54, 1.807) is 4.90 Å². The molecule has 2 heterocycles. The molecule has 2 aliphatic rings. The third kappa shape index (κ3) is 3.03. The lowest BCUT2D eigenvalue weighted by Crippen LogP contribution is -2.52. The largest absolute Gasteiger partial charge is 0.339 e. The van der Waals surface area contributed by atoms with Crippen molar-refractivity contribution in [2.24, 2.45) is 5.92 Å². The zero-order valence-electron chi connectivity index (χ0n) is 12.5. The molecule has 0 bridgehead atoms. The molecule has 118 valence electrons. The van der Waals surface area contributed by atoms with Gasteiger partial charge in [-0.3, -0.25) is 14.4 Å². The van der Waals surface area contributed by atoms with Crippen molar-refractivity contribution < 1.29 is 9.59 Å². The summed E-state index contributed by atoms with van der Waals surface area (Å²) in [5, 5.41) is 6.03. The molecule has 0 aromatic carbocycles. The van der Waals surface area contributed by atoms with Gasteiger partial charge in [-0.25, -0.2) is 5.10 Å². The second-order valence-corrected chi connectivity index (χ2v) is 5.91. The van der Waals surface area contributed by atoms with E-state index in [9.17, 15) is 14.4 Å². The van der Waals surface area contributed by atoms with E-state index in [0.29, 0.717) is 26.2 Å². The van der Waals surface area contributed by atoms with Gasteiger partial charge in [0.2, 0.25) is 5.91 Å². The van der Waals surface area contributed by atoms with Gasteiger partial charge >= 0.3 is 0 Å². The van der Waals surface area contributed by atoms with Gasteiger partial charge in [0, 0.05) is 38.2 Å². The van der Waals surface area contributed by atoms with Gasteiger partial charge in [-0.15, -0.1) is 0 Å². The van der Waals surface area contributed by atoms with Crippen LogP contribution in [0.3, 0.4) is 0 Å². The molecule has 3 rings (SSSR count). The van der Waals surface area contributed by atoms with Gasteiger partial charge in [0.1, 0.15) is 5.69 Å². The van der Waals surface area contributed by atoms with Crippen LogP contribution in [0.2, 0.25) is 0 Å². The minimum Gasteiger partial charge on any atom is -0.339 e. The number of hydrogen-bond donors (Lipinski definition) is 1. The first-order valence-corrected chi connectivity index (χ1v) is 7.79. The Morgan fingerprint density at radius 2 is 1.68 bits per heavy atom. The van der Waals surface area contributed by atoms with Crippen molar-refractivity contribution in [3.8, 4) is 0 Å². The molecule has 1 saturated carbocycles. The predicted octanol–water partition coefficient (Wildman–Crippen LogP) is 0.244. The zero-order chi connectivity index (χ0) is 15.5. The Kier molecular flexibility index (Phi) is 4.22. The molecule has 1 aliphatic heterocycles. The standard InChI is InChI=1S/C15H20N4O3/c20-13-6-5-12(16-17-13)15(22)19-9-7-18(8-10-19)14(21)11-3-1-2-4-11/h5-6,11H,1-4,7-10H2,(H,17,20). The maximum absolute atomic E-state index is 12.4. The van der Waals surface area contributed by atoms with E-state index >= 15 is 0 Å². The molecule has 1 aromatic rings. The maximum atomic E-state index is 12.4. The van der Waals surface area contributed by atoms with E-state index in [2.05, 4.69) is 10.2 Å². The highest BCUT2D eigenvalue weighted by Crippen LogP contribution is 2.26. The minimum atomic E-state index is -0.330. The minimum absolute atomic E-state index is 0.183. The van der Waals surface area contributed by atoms with E-state index in [1.165, 1.54) is 12.1 Å². The van der Waals surface area contributed by atoms with Gasteiger partial charge in [0.25, 0.3) is 11.5 Å². The van der Waals surface area contributed by atoms with Crippen LogP contribution in [0.25, 0.3) is 0 Å². The van der Waals surface area contributed by atoms with Crippen LogP contribution in [0.4, 0.5) is 0 Å². The number of nitrogens with zero attached hydrogens (tertiary/aromatic N) is 3. The smallest absolute Gasteiger partial charge is 0.274 e. The molecule has 1 N–H and O–H groups in total. The first kappa shape index (κ1) is 14.7. The quantitative estimate of drug-likeness (QED) is 0.848. The summed E-state index contributed by atoms with van der Waals surface area (Å²) in [6.07, 6.45) is 4.29. The van der Waals surface area contributed by atoms with Gasteiger partial charge in [0.05, 0.1) is 0 Å². The van der Waals surface area contributed by atoms with Crippen LogP contribution in [0.1, 0.15) is 36.2 Å². The highest BCUT2D eigenvalue weighted by molar-refractivity contribution is 5.92. The topological polar surface area (TPSA) is 86.4 Å². The molecule has 22 heavy (non-hydrogen) atoms. The third-order valence-corrected chi connectivity index (χ3v) is 4.48. The van der Waals surface area contributed by atoms with Crippen molar-refractivity contribution in [3.05, 3.63) is 28.2 Å². The normalized spacial score (nSPS) is 19.5. The molecular weight excluding hydrogens is 284 g/mol. The monoisotopic (exact) mass is 304 g/mol. The highest BCUT2D eigenvalue weighted by Gasteiger charge is 2.30. The van der Waals surface area contributed by atoms with Crippen molar-refractivity contribution in [3.63, 3.8) is 0 Å². The lowest BCUT2D eigenvalue weighted by Gasteiger charge is -2.35. The summed E-state index contributed by atoms with van der Waals surface area (Å²) in [6, 6.07) is 2.72. The first-order valence-electron chi connectivity index (χ1n) is 7.79. The van der Waals surface area contributed by atoms with Crippen molar-refractivity contribution in [1.29, 1.82) is 0 Å². The number of amides is 2. The molecule has 2 amide bonds. The molecule has 0 spiro atoms. The van der Waals surface area contributed by atoms with Gasteiger partial charge in [-0.2, -0.15) is 5.10 Å². The van der Waals surface area contributed by atoms with Gasteiger partial charge < -0.3 is 9.80 Å². The number of piperazine rings is 1. The molecule has 1 saturated heterocycles. The Balaban J connectivity index is 1.57. The van der Waals surface area contributed by atoms with Crippen LogP contribution in [0, 0.1) is 5.92 Å². The van der Waals surface area contributed by atoms with Gasteiger partial charge in [0.15, 0.2) is 0 Å². The summed E-state index contributed by atoms with van der Waals surface area (Å²) in [5.41, 5.74) is -0.0984. The SMILES string of the molecule is O=C(c1ccc(=O)[nH]n1)N1CCN(C(=O)C2CCCC2)CC1. The maximum Gasteiger partial charge on any atom is 0.274 e. The third-order valence-electron chi connectivity index (χ3n) is 4.48. The molecule has 1 aromatic heterocycles. The average Bonchev–Trinajstić information content (AvgIpc) is 3.09. The summed E-state index contributed by atoms with van der Waals surface area (Å²) in [6.45, 7) is 2.17. The van der Waals surface area contributed by atoms with Gasteiger partial charge in [-0.1, -0.05) is 12.8 Å². The van der Waals surface area contributed by atoms with Crippen LogP contribution in [0.15, 0.2) is 16.9 Å². The highest BCUT2D eigenvalue weighted by atomic mass is 16.2. The number of carbonyl (C=O) groups is 2. The number of aromatic amines is 1. The number of nitrogens with one attached hydrogen (secondary N) is 1. The Bertz CT molecular complexity index is 593. The van der Waals surface area contributed by atoms with E-state index in [-0.39, 0.29) is 29.0 Å². The van der Waals surface area contributed by atoms with Crippen LogP contribution in [-0.2, 0) is 4.79 Å². The Hall–Kier alpha value is -2.18. The fraction of sp³-hybridized carbons (Fsp3) is 0.600. The summed E-state index contributed by atoms with van der Waals surface area (Å²) in [5.74, 6) is 0.221. The average molecular weight is 304 g/mol. The Morgan fingerprint density at radius 3 is 2.27 bits per heavy atom. The molecule has 0 unspecified atom stereocenters. The summed E-state index contributed by atoms with van der Waals surface area (Å²) >= 11 is 0. The Morgan fingerprint density at radius 1 is 1.05 bits per heavy atom. The number of carbonyl (C=O) groups excluding carboxylic acids is 2. The Labute approximate surface area is 128 Å². The van der Waals surface area contributed by atoms with Crippen LogP contribution in [0.5, 0.6) is 0 Å².